The quantitative estimate of drug-likeness (QED) is 0.946. The zero-order chi connectivity index (χ0) is 12.3. The van der Waals surface area contributed by atoms with Crippen molar-refractivity contribution >= 4 is 15.9 Å². The molecule has 1 unspecified atom stereocenters. The fraction of sp³-hybridized carbons (Fsp3) is 0.231. The van der Waals surface area contributed by atoms with E-state index in [1.807, 2.05) is 37.3 Å². The van der Waals surface area contributed by atoms with Crippen molar-refractivity contribution in [3.63, 3.8) is 0 Å². The molecule has 2 rings (SSSR count). The number of halogens is 1. The van der Waals surface area contributed by atoms with Gasteiger partial charge in [-0.05, 0) is 18.2 Å². The lowest BCUT2D eigenvalue weighted by molar-refractivity contribution is 0.713. The minimum absolute atomic E-state index is 0.186. The SMILES string of the molecule is CC(CN)c1nccc(-c2ccc(Br)cc2)n1. The maximum absolute atomic E-state index is 5.63. The van der Waals surface area contributed by atoms with E-state index in [0.717, 1.165) is 21.6 Å². The first kappa shape index (κ1) is 12.2. The van der Waals surface area contributed by atoms with Crippen LogP contribution in [0.4, 0.5) is 0 Å². The van der Waals surface area contributed by atoms with Crippen molar-refractivity contribution in [2.75, 3.05) is 6.54 Å². The van der Waals surface area contributed by atoms with Gasteiger partial charge in [-0.15, -0.1) is 0 Å². The van der Waals surface area contributed by atoms with Gasteiger partial charge in [0.25, 0.3) is 0 Å². The molecule has 17 heavy (non-hydrogen) atoms. The van der Waals surface area contributed by atoms with Crippen LogP contribution in [0.25, 0.3) is 11.3 Å². The molecular weight excluding hydrogens is 278 g/mol. The van der Waals surface area contributed by atoms with Gasteiger partial charge in [-0.3, -0.25) is 0 Å². The largest absolute Gasteiger partial charge is 0.330 e. The molecule has 0 saturated heterocycles. The van der Waals surface area contributed by atoms with Gasteiger partial charge in [-0.1, -0.05) is 35.0 Å². The van der Waals surface area contributed by atoms with Crippen molar-refractivity contribution in [1.29, 1.82) is 0 Å². The summed E-state index contributed by atoms with van der Waals surface area (Å²) in [5, 5.41) is 0. The van der Waals surface area contributed by atoms with E-state index < -0.39 is 0 Å². The minimum atomic E-state index is 0.186. The van der Waals surface area contributed by atoms with Crippen LogP contribution in [0.3, 0.4) is 0 Å². The minimum Gasteiger partial charge on any atom is -0.330 e. The van der Waals surface area contributed by atoms with Crippen LogP contribution in [-0.2, 0) is 0 Å². The molecule has 0 saturated carbocycles. The Labute approximate surface area is 109 Å². The Balaban J connectivity index is 2.36. The van der Waals surface area contributed by atoms with Crippen molar-refractivity contribution in [2.24, 2.45) is 5.73 Å². The van der Waals surface area contributed by atoms with Crippen LogP contribution in [0.15, 0.2) is 41.0 Å². The van der Waals surface area contributed by atoms with Gasteiger partial charge in [0, 0.05) is 28.7 Å². The lowest BCUT2D eigenvalue weighted by Gasteiger charge is -2.08. The monoisotopic (exact) mass is 291 g/mol. The molecule has 0 spiro atoms. The average molecular weight is 292 g/mol. The summed E-state index contributed by atoms with van der Waals surface area (Å²) < 4.78 is 1.06. The van der Waals surface area contributed by atoms with Crippen LogP contribution in [0.2, 0.25) is 0 Å². The Morgan fingerprint density at radius 2 is 1.94 bits per heavy atom. The second kappa shape index (κ2) is 5.38. The van der Waals surface area contributed by atoms with Crippen LogP contribution in [0.1, 0.15) is 18.7 Å². The molecule has 0 bridgehead atoms. The van der Waals surface area contributed by atoms with Gasteiger partial charge in [0.2, 0.25) is 0 Å². The van der Waals surface area contributed by atoms with E-state index in [0.29, 0.717) is 6.54 Å². The van der Waals surface area contributed by atoms with Gasteiger partial charge >= 0.3 is 0 Å². The zero-order valence-corrected chi connectivity index (χ0v) is 11.2. The summed E-state index contributed by atoms with van der Waals surface area (Å²) in [4.78, 5) is 8.79. The topological polar surface area (TPSA) is 51.8 Å². The summed E-state index contributed by atoms with van der Waals surface area (Å²) in [5.74, 6) is 0.985. The van der Waals surface area contributed by atoms with Crippen molar-refractivity contribution < 1.29 is 0 Å². The molecule has 0 aliphatic heterocycles. The molecule has 2 aromatic rings. The van der Waals surface area contributed by atoms with E-state index in [1.165, 1.54) is 0 Å². The lowest BCUT2D eigenvalue weighted by atomic mass is 10.1. The summed E-state index contributed by atoms with van der Waals surface area (Å²) in [7, 11) is 0. The first-order chi connectivity index (χ1) is 8.20. The molecule has 1 heterocycles. The summed E-state index contributed by atoms with van der Waals surface area (Å²) in [5.41, 5.74) is 7.64. The molecule has 0 radical (unpaired) electrons. The Hall–Kier alpha value is -1.26. The summed E-state index contributed by atoms with van der Waals surface area (Å²) in [6, 6.07) is 9.98. The molecule has 0 amide bonds. The van der Waals surface area contributed by atoms with E-state index in [4.69, 9.17) is 5.73 Å². The molecule has 0 fully saturated rings. The second-order valence-corrected chi connectivity index (χ2v) is 4.86. The number of nitrogens with zero attached hydrogens (tertiary/aromatic N) is 2. The van der Waals surface area contributed by atoms with Crippen molar-refractivity contribution in [3.8, 4) is 11.3 Å². The fourth-order valence-corrected chi connectivity index (χ4v) is 1.76. The first-order valence-corrected chi connectivity index (χ1v) is 6.29. The highest BCUT2D eigenvalue weighted by Crippen LogP contribution is 2.20. The third kappa shape index (κ3) is 2.90. The van der Waals surface area contributed by atoms with E-state index in [2.05, 4.69) is 25.9 Å². The van der Waals surface area contributed by atoms with E-state index >= 15 is 0 Å². The molecule has 1 atom stereocenters. The molecule has 0 aliphatic rings. The van der Waals surface area contributed by atoms with Crippen LogP contribution in [0, 0.1) is 0 Å². The maximum atomic E-state index is 5.63. The first-order valence-electron chi connectivity index (χ1n) is 5.49. The Morgan fingerprint density at radius 1 is 1.24 bits per heavy atom. The van der Waals surface area contributed by atoms with E-state index in [1.54, 1.807) is 6.20 Å². The van der Waals surface area contributed by atoms with Crippen molar-refractivity contribution in [2.45, 2.75) is 12.8 Å². The van der Waals surface area contributed by atoms with Gasteiger partial charge in [-0.2, -0.15) is 0 Å². The third-order valence-corrected chi connectivity index (χ3v) is 3.14. The maximum Gasteiger partial charge on any atom is 0.133 e. The van der Waals surface area contributed by atoms with Crippen molar-refractivity contribution in [3.05, 3.63) is 46.8 Å². The van der Waals surface area contributed by atoms with Crippen molar-refractivity contribution in [1.82, 2.24) is 9.97 Å². The standard InChI is InChI=1S/C13H14BrN3/c1-9(8-15)13-16-7-6-12(17-13)10-2-4-11(14)5-3-10/h2-7,9H,8,15H2,1H3. The molecule has 4 heteroatoms. The number of rotatable bonds is 3. The predicted molar refractivity (Wildman–Crippen MR) is 72.6 cm³/mol. The Bertz CT molecular complexity index is 496. The summed E-state index contributed by atoms with van der Waals surface area (Å²) >= 11 is 3.42. The van der Waals surface area contributed by atoms with Crippen LogP contribution in [0.5, 0.6) is 0 Å². The number of benzene rings is 1. The molecule has 3 nitrogen and oxygen atoms in total. The zero-order valence-electron chi connectivity index (χ0n) is 9.60. The Kier molecular flexibility index (Phi) is 3.86. The summed E-state index contributed by atoms with van der Waals surface area (Å²) in [6.45, 7) is 2.59. The van der Waals surface area contributed by atoms with E-state index in [-0.39, 0.29) is 5.92 Å². The number of hydrogen-bond acceptors (Lipinski definition) is 3. The highest BCUT2D eigenvalue weighted by molar-refractivity contribution is 9.10. The molecule has 1 aromatic carbocycles. The summed E-state index contributed by atoms with van der Waals surface area (Å²) in [6.07, 6.45) is 1.78. The number of aromatic nitrogens is 2. The van der Waals surface area contributed by atoms with Gasteiger partial charge in [0.1, 0.15) is 5.82 Å². The molecule has 0 aliphatic carbocycles. The second-order valence-electron chi connectivity index (χ2n) is 3.94. The average Bonchev–Trinajstić information content (AvgIpc) is 2.39. The van der Waals surface area contributed by atoms with Gasteiger partial charge in [0.15, 0.2) is 0 Å². The normalized spacial score (nSPS) is 12.4. The van der Waals surface area contributed by atoms with Crippen LogP contribution < -0.4 is 5.73 Å². The lowest BCUT2D eigenvalue weighted by Crippen LogP contribution is -2.12. The molecule has 88 valence electrons. The van der Waals surface area contributed by atoms with Crippen LogP contribution in [-0.4, -0.2) is 16.5 Å². The third-order valence-electron chi connectivity index (χ3n) is 2.61. The number of nitrogens with two attached hydrogens (primary N) is 1. The molecular formula is C13H14BrN3. The van der Waals surface area contributed by atoms with E-state index in [9.17, 15) is 0 Å². The van der Waals surface area contributed by atoms with Gasteiger partial charge < -0.3 is 5.73 Å². The predicted octanol–water partition coefficient (Wildman–Crippen LogP) is 2.97. The molecule has 1 aromatic heterocycles. The van der Waals surface area contributed by atoms with Gasteiger partial charge in [0.05, 0.1) is 5.69 Å². The molecule has 2 N–H and O–H groups in total. The van der Waals surface area contributed by atoms with Gasteiger partial charge in [-0.25, -0.2) is 9.97 Å². The number of hydrogen-bond donors (Lipinski definition) is 1. The van der Waals surface area contributed by atoms with Crippen LogP contribution >= 0.6 is 15.9 Å². The highest BCUT2D eigenvalue weighted by Gasteiger charge is 2.08. The smallest absolute Gasteiger partial charge is 0.133 e. The Morgan fingerprint density at radius 3 is 2.59 bits per heavy atom. The highest BCUT2D eigenvalue weighted by atomic mass is 79.9. The fourth-order valence-electron chi connectivity index (χ4n) is 1.50.